The Labute approximate surface area is 213 Å². The third kappa shape index (κ3) is 4.85. The van der Waals surface area contributed by atoms with Crippen molar-refractivity contribution >= 4 is 34.8 Å². The predicted molar refractivity (Wildman–Crippen MR) is 136 cm³/mol. The third-order valence-corrected chi connectivity index (χ3v) is 8.24. The van der Waals surface area contributed by atoms with Crippen molar-refractivity contribution in [1.29, 1.82) is 0 Å². The number of nitrogens with zero attached hydrogens (tertiary/aromatic N) is 3. The van der Waals surface area contributed by atoms with E-state index in [1.807, 2.05) is 17.9 Å². The minimum atomic E-state index is -0.274. The molecule has 2 atom stereocenters. The van der Waals surface area contributed by atoms with Crippen LogP contribution in [-0.2, 0) is 11.2 Å². The maximum atomic E-state index is 14.1. The zero-order valence-corrected chi connectivity index (χ0v) is 21.1. The summed E-state index contributed by atoms with van der Waals surface area (Å²) in [7, 11) is 0. The number of benzene rings is 2. The van der Waals surface area contributed by atoms with Crippen molar-refractivity contribution in [2.75, 3.05) is 32.7 Å². The molecule has 8 heteroatoms. The molecule has 0 N–H and O–H groups in total. The maximum Gasteiger partial charge on any atom is 0.255 e. The molecule has 1 saturated heterocycles. The summed E-state index contributed by atoms with van der Waals surface area (Å²) >= 11 is 7.95. The highest BCUT2D eigenvalue weighted by Crippen LogP contribution is 2.38. The van der Waals surface area contributed by atoms with E-state index in [4.69, 9.17) is 11.6 Å². The second-order valence-electron chi connectivity index (χ2n) is 9.14. The largest absolute Gasteiger partial charge is 0.338 e. The number of carbonyl (C=O) groups excluding carboxylic acids is 2. The predicted octanol–water partition coefficient (Wildman–Crippen LogP) is 4.86. The standard InChI is InChI=1S/C27H27ClFN3O2S/c1-18-16-30(12-13-32(18)27(34)21-7-2-3-8-23(21)28)25(33)17-31-11-9-24-22(10-14-35-24)26(31)19-5-4-6-20(29)15-19/h2-8,10,14-15,18,26H,9,11-13,16-17H2,1H3/t18-,26-/m1/s1. The van der Waals surface area contributed by atoms with E-state index in [0.29, 0.717) is 30.2 Å². The summed E-state index contributed by atoms with van der Waals surface area (Å²) in [5.74, 6) is -0.353. The highest BCUT2D eigenvalue weighted by molar-refractivity contribution is 7.10. The molecule has 0 saturated carbocycles. The molecule has 1 fully saturated rings. The molecule has 3 heterocycles. The minimum Gasteiger partial charge on any atom is -0.338 e. The van der Waals surface area contributed by atoms with Crippen LogP contribution in [0.3, 0.4) is 0 Å². The van der Waals surface area contributed by atoms with Crippen LogP contribution in [-0.4, -0.2) is 65.3 Å². The van der Waals surface area contributed by atoms with Gasteiger partial charge in [0.05, 0.1) is 23.2 Å². The number of carbonyl (C=O) groups is 2. The first kappa shape index (κ1) is 24.0. The summed E-state index contributed by atoms with van der Waals surface area (Å²) in [4.78, 5) is 33.5. The van der Waals surface area contributed by atoms with E-state index in [1.54, 1.807) is 52.6 Å². The van der Waals surface area contributed by atoms with E-state index >= 15 is 0 Å². The number of halogens is 2. The van der Waals surface area contributed by atoms with Gasteiger partial charge < -0.3 is 9.80 Å². The topological polar surface area (TPSA) is 43.9 Å². The summed E-state index contributed by atoms with van der Waals surface area (Å²) in [6, 6.07) is 15.5. The lowest BCUT2D eigenvalue weighted by molar-refractivity contribution is -0.135. The Morgan fingerprint density at radius 1 is 1.09 bits per heavy atom. The number of amides is 2. The van der Waals surface area contributed by atoms with Gasteiger partial charge in [-0.1, -0.05) is 35.9 Å². The van der Waals surface area contributed by atoms with Crippen LogP contribution in [0.2, 0.25) is 5.02 Å². The normalized spacial score (nSPS) is 20.5. The fraction of sp³-hybridized carbons (Fsp3) is 0.333. The molecular formula is C27H27ClFN3O2S. The number of thiophene rings is 1. The first-order valence-electron chi connectivity index (χ1n) is 11.8. The Morgan fingerprint density at radius 3 is 2.69 bits per heavy atom. The monoisotopic (exact) mass is 511 g/mol. The Kier molecular flexibility index (Phi) is 6.91. The van der Waals surface area contributed by atoms with Crippen molar-refractivity contribution in [2.24, 2.45) is 0 Å². The van der Waals surface area contributed by atoms with E-state index in [-0.39, 0.29) is 36.3 Å². The van der Waals surface area contributed by atoms with E-state index < -0.39 is 0 Å². The van der Waals surface area contributed by atoms with E-state index in [0.717, 1.165) is 24.1 Å². The number of fused-ring (bicyclic) bond motifs is 1. The van der Waals surface area contributed by atoms with E-state index in [2.05, 4.69) is 16.3 Å². The number of piperazine rings is 1. The summed E-state index contributed by atoms with van der Waals surface area (Å²) < 4.78 is 14.1. The molecule has 3 aromatic rings. The molecule has 5 nitrogen and oxygen atoms in total. The van der Waals surface area contributed by atoms with Crippen molar-refractivity contribution < 1.29 is 14.0 Å². The van der Waals surface area contributed by atoms with Gasteiger partial charge in [0.25, 0.3) is 5.91 Å². The van der Waals surface area contributed by atoms with Crippen molar-refractivity contribution in [2.45, 2.75) is 25.4 Å². The molecule has 1 aromatic heterocycles. The van der Waals surface area contributed by atoms with Gasteiger partial charge in [0, 0.05) is 37.1 Å². The Balaban J connectivity index is 1.29. The zero-order valence-electron chi connectivity index (χ0n) is 19.5. The minimum absolute atomic E-state index is 0.0294. The van der Waals surface area contributed by atoms with E-state index in [9.17, 15) is 14.0 Å². The highest BCUT2D eigenvalue weighted by Gasteiger charge is 2.35. The highest BCUT2D eigenvalue weighted by atomic mass is 35.5. The second-order valence-corrected chi connectivity index (χ2v) is 10.6. The smallest absolute Gasteiger partial charge is 0.255 e. The van der Waals surface area contributed by atoms with Gasteiger partial charge in [-0.2, -0.15) is 0 Å². The van der Waals surface area contributed by atoms with Gasteiger partial charge in [0.1, 0.15) is 5.82 Å². The van der Waals surface area contributed by atoms with Gasteiger partial charge in [-0.3, -0.25) is 14.5 Å². The molecule has 182 valence electrons. The molecular weight excluding hydrogens is 485 g/mol. The van der Waals surface area contributed by atoms with Crippen molar-refractivity contribution in [3.05, 3.63) is 92.4 Å². The molecule has 2 aromatic carbocycles. The van der Waals surface area contributed by atoms with Crippen LogP contribution >= 0.6 is 22.9 Å². The van der Waals surface area contributed by atoms with Crippen LogP contribution in [0.15, 0.2) is 60.0 Å². The second kappa shape index (κ2) is 10.1. The molecule has 0 unspecified atom stereocenters. The molecule has 0 radical (unpaired) electrons. The van der Waals surface area contributed by atoms with Crippen LogP contribution in [0.5, 0.6) is 0 Å². The first-order valence-corrected chi connectivity index (χ1v) is 13.1. The molecule has 0 bridgehead atoms. The Bertz CT molecular complexity index is 1250. The number of hydrogen-bond acceptors (Lipinski definition) is 4. The number of hydrogen-bond donors (Lipinski definition) is 0. The van der Waals surface area contributed by atoms with Crippen LogP contribution in [0, 0.1) is 5.82 Å². The van der Waals surface area contributed by atoms with Gasteiger partial charge >= 0.3 is 0 Å². The van der Waals surface area contributed by atoms with Gasteiger partial charge in [-0.25, -0.2) is 4.39 Å². The van der Waals surface area contributed by atoms with Crippen molar-refractivity contribution in [3.8, 4) is 0 Å². The average molecular weight is 512 g/mol. The summed E-state index contributed by atoms with van der Waals surface area (Å²) in [5.41, 5.74) is 2.50. The number of rotatable bonds is 4. The summed E-state index contributed by atoms with van der Waals surface area (Å²) in [6.07, 6.45) is 0.878. The van der Waals surface area contributed by atoms with Gasteiger partial charge in [0.15, 0.2) is 0 Å². The Hall–Kier alpha value is -2.74. The SMILES string of the molecule is C[C@@H]1CN(C(=O)CN2CCc3sccc3[C@H]2c2cccc(F)c2)CCN1C(=O)c1ccccc1Cl. The summed E-state index contributed by atoms with van der Waals surface area (Å²) in [5, 5.41) is 2.50. The van der Waals surface area contributed by atoms with Crippen LogP contribution in [0.1, 0.15) is 39.3 Å². The quantitative estimate of drug-likeness (QED) is 0.502. The summed E-state index contributed by atoms with van der Waals surface area (Å²) in [6.45, 7) is 4.35. The molecule has 2 aliphatic rings. The zero-order chi connectivity index (χ0) is 24.5. The van der Waals surface area contributed by atoms with Crippen molar-refractivity contribution in [1.82, 2.24) is 14.7 Å². The molecule has 0 aliphatic carbocycles. The molecule has 0 spiro atoms. The fourth-order valence-electron chi connectivity index (χ4n) is 5.15. The molecule has 5 rings (SSSR count). The first-order chi connectivity index (χ1) is 16.9. The van der Waals surface area contributed by atoms with Crippen LogP contribution in [0.4, 0.5) is 4.39 Å². The average Bonchev–Trinajstić information content (AvgIpc) is 3.32. The van der Waals surface area contributed by atoms with Crippen LogP contribution < -0.4 is 0 Å². The molecule has 35 heavy (non-hydrogen) atoms. The van der Waals surface area contributed by atoms with Gasteiger partial charge in [-0.15, -0.1) is 11.3 Å². The van der Waals surface area contributed by atoms with Gasteiger partial charge in [0.2, 0.25) is 5.91 Å². The molecule has 2 aliphatic heterocycles. The maximum absolute atomic E-state index is 14.1. The molecule has 2 amide bonds. The van der Waals surface area contributed by atoms with Gasteiger partial charge in [-0.05, 0) is 60.2 Å². The lowest BCUT2D eigenvalue weighted by atomic mass is 9.93. The van der Waals surface area contributed by atoms with Crippen LogP contribution in [0.25, 0.3) is 0 Å². The lowest BCUT2D eigenvalue weighted by Crippen LogP contribution is -2.57. The van der Waals surface area contributed by atoms with Crippen molar-refractivity contribution in [3.63, 3.8) is 0 Å². The van der Waals surface area contributed by atoms with E-state index in [1.165, 1.54) is 10.9 Å². The lowest BCUT2D eigenvalue weighted by Gasteiger charge is -2.42. The third-order valence-electron chi connectivity index (χ3n) is 6.91. The fourth-order valence-corrected chi connectivity index (χ4v) is 6.28. The Morgan fingerprint density at radius 2 is 1.91 bits per heavy atom.